The lowest BCUT2D eigenvalue weighted by atomic mass is 9.71. The third-order valence-corrected chi connectivity index (χ3v) is 1.92. The summed E-state index contributed by atoms with van der Waals surface area (Å²) < 4.78 is 0. The van der Waals surface area contributed by atoms with E-state index in [2.05, 4.69) is 0 Å². The molecule has 1 rings (SSSR count). The average Bonchev–Trinajstić information content (AvgIpc) is 1.97. The molecule has 0 aliphatic rings. The van der Waals surface area contributed by atoms with E-state index in [-0.39, 0.29) is 0 Å². The van der Waals surface area contributed by atoms with Crippen LogP contribution >= 0.6 is 0 Å². The van der Waals surface area contributed by atoms with Crippen LogP contribution in [0.15, 0.2) is 6.07 Å². The Kier molecular flexibility index (Phi) is 2.17. The molecule has 0 N–H and O–H groups in total. The Bertz CT molecular complexity index is 266. The third kappa shape index (κ3) is 1.37. The summed E-state index contributed by atoms with van der Waals surface area (Å²) in [4.78, 5) is 0. The summed E-state index contributed by atoms with van der Waals surface area (Å²) >= 11 is 0. The van der Waals surface area contributed by atoms with E-state index in [4.69, 9.17) is 23.5 Å². The monoisotopic (exact) mass is 136 g/mol. The van der Waals surface area contributed by atoms with Crippen molar-refractivity contribution in [1.82, 2.24) is 0 Å². The lowest BCUT2D eigenvalue weighted by Crippen LogP contribution is -2.35. The van der Waals surface area contributed by atoms with Gasteiger partial charge in [-0.15, -0.1) is 10.9 Å². The van der Waals surface area contributed by atoms with Crippen molar-refractivity contribution in [2.24, 2.45) is 0 Å². The highest BCUT2D eigenvalue weighted by Crippen LogP contribution is 1.90. The van der Waals surface area contributed by atoms with Crippen LogP contribution in [0, 0.1) is 13.8 Å². The normalized spacial score (nSPS) is 10.0. The Balaban J connectivity index is 3.46. The molecule has 0 nitrogen and oxygen atoms in total. The van der Waals surface area contributed by atoms with Crippen LogP contribution in [0.4, 0.5) is 0 Å². The van der Waals surface area contributed by atoms with Crippen LogP contribution in [-0.4, -0.2) is 23.5 Å². The van der Waals surface area contributed by atoms with Crippen molar-refractivity contribution in [2.45, 2.75) is 13.8 Å². The summed E-state index contributed by atoms with van der Waals surface area (Å²) in [6.07, 6.45) is 0. The summed E-state index contributed by atoms with van der Waals surface area (Å²) in [6, 6.07) is 1.83. The minimum absolute atomic E-state index is 0.600. The third-order valence-electron chi connectivity index (χ3n) is 1.92. The van der Waals surface area contributed by atoms with Crippen molar-refractivity contribution in [1.29, 1.82) is 0 Å². The lowest BCUT2D eigenvalue weighted by Gasteiger charge is -2.12. The van der Waals surface area contributed by atoms with Gasteiger partial charge in [-0.2, -0.15) is 0 Å². The number of hydrogen-bond acceptors (Lipinski definition) is 0. The fourth-order valence-electron chi connectivity index (χ4n) is 0.989. The van der Waals surface area contributed by atoms with Gasteiger partial charge in [0, 0.05) is 0 Å². The summed E-state index contributed by atoms with van der Waals surface area (Å²) in [6.45, 7) is 3.75. The number of hydrogen-bond donors (Lipinski definition) is 0. The van der Waals surface area contributed by atoms with Crippen LogP contribution in [0.25, 0.3) is 0 Å². The fourth-order valence-corrected chi connectivity index (χ4v) is 0.989. The van der Waals surface area contributed by atoms with Crippen molar-refractivity contribution >= 4 is 39.9 Å². The molecule has 0 unspecified atom stereocenters. The fraction of sp³-hybridized carbons (Fsp3) is 0.250. The molecule has 0 spiro atoms. The van der Waals surface area contributed by atoms with Crippen LogP contribution in [0.2, 0.25) is 0 Å². The molecule has 0 saturated carbocycles. The van der Waals surface area contributed by atoms with E-state index in [1.54, 1.807) is 0 Å². The molecular weight excluding hydrogens is 129 g/mol. The van der Waals surface area contributed by atoms with Gasteiger partial charge in [0.25, 0.3) is 0 Å². The van der Waals surface area contributed by atoms with Gasteiger partial charge in [0.2, 0.25) is 0 Å². The zero-order chi connectivity index (χ0) is 8.59. The maximum atomic E-state index is 5.68. The molecular formula is C8H7B3. The molecule has 0 aliphatic carbocycles. The quantitative estimate of drug-likeness (QED) is 0.388. The van der Waals surface area contributed by atoms with Crippen LogP contribution in [0.3, 0.4) is 0 Å². The molecule has 1 aromatic carbocycles. The largest absolute Gasteiger partial charge is 0.114 e. The van der Waals surface area contributed by atoms with Gasteiger partial charge in [0.1, 0.15) is 23.5 Å². The number of rotatable bonds is 0. The van der Waals surface area contributed by atoms with Crippen LogP contribution in [0.5, 0.6) is 0 Å². The van der Waals surface area contributed by atoms with E-state index >= 15 is 0 Å². The molecule has 11 heavy (non-hydrogen) atoms. The summed E-state index contributed by atoms with van der Waals surface area (Å²) in [5, 5.41) is 0. The summed E-state index contributed by atoms with van der Waals surface area (Å²) in [5.41, 5.74) is 3.74. The minimum Gasteiger partial charge on any atom is -0.101 e. The maximum Gasteiger partial charge on any atom is 0.114 e. The zero-order valence-electron chi connectivity index (χ0n) is 6.81. The zero-order valence-corrected chi connectivity index (χ0v) is 6.81. The van der Waals surface area contributed by atoms with Gasteiger partial charge in [-0.1, -0.05) is 22.7 Å². The molecule has 0 saturated heterocycles. The highest BCUT2D eigenvalue weighted by molar-refractivity contribution is 6.51. The molecule has 0 heterocycles. The van der Waals surface area contributed by atoms with Gasteiger partial charge in [-0.3, -0.25) is 0 Å². The number of aryl methyl sites for hydroxylation is 1. The Hall–Kier alpha value is -0.585. The molecule has 6 radical (unpaired) electrons. The van der Waals surface area contributed by atoms with Gasteiger partial charge in [-0.25, -0.2) is 0 Å². The second kappa shape index (κ2) is 2.81. The molecule has 0 fully saturated rings. The second-order valence-electron chi connectivity index (χ2n) is 2.74. The van der Waals surface area contributed by atoms with Crippen molar-refractivity contribution < 1.29 is 0 Å². The molecule has 48 valence electrons. The van der Waals surface area contributed by atoms with Gasteiger partial charge in [0.05, 0.1) is 0 Å². The smallest absolute Gasteiger partial charge is 0.101 e. The van der Waals surface area contributed by atoms with Crippen LogP contribution in [-0.2, 0) is 0 Å². The van der Waals surface area contributed by atoms with Crippen molar-refractivity contribution in [2.75, 3.05) is 0 Å². The predicted octanol–water partition coefficient (Wildman–Crippen LogP) is -1.32. The van der Waals surface area contributed by atoms with E-state index in [1.807, 2.05) is 19.9 Å². The summed E-state index contributed by atoms with van der Waals surface area (Å²) in [5.74, 6) is 0. The molecule has 1 aromatic rings. The van der Waals surface area contributed by atoms with Crippen molar-refractivity contribution in [3.63, 3.8) is 0 Å². The Morgan fingerprint density at radius 2 is 1.55 bits per heavy atom. The van der Waals surface area contributed by atoms with E-state index in [0.717, 1.165) is 11.1 Å². The SMILES string of the molecule is [B]c1cc(C)c([B])c([B])c1C. The van der Waals surface area contributed by atoms with Gasteiger partial charge < -0.3 is 0 Å². The standard InChI is InChI=1S/C8H7B3/c1-4-3-6(9)5(2)8(11)7(4)10/h3H,1-2H3. The lowest BCUT2D eigenvalue weighted by molar-refractivity contribution is 1.50. The summed E-state index contributed by atoms with van der Waals surface area (Å²) in [7, 11) is 17.0. The molecule has 0 atom stereocenters. The highest BCUT2D eigenvalue weighted by Gasteiger charge is 2.01. The van der Waals surface area contributed by atoms with Gasteiger partial charge >= 0.3 is 0 Å². The van der Waals surface area contributed by atoms with E-state index < -0.39 is 0 Å². The van der Waals surface area contributed by atoms with Crippen LogP contribution < -0.4 is 16.4 Å². The minimum atomic E-state index is 0.600. The van der Waals surface area contributed by atoms with E-state index in [9.17, 15) is 0 Å². The second-order valence-corrected chi connectivity index (χ2v) is 2.74. The number of benzene rings is 1. The predicted molar refractivity (Wildman–Crippen MR) is 52.1 cm³/mol. The maximum absolute atomic E-state index is 5.68. The Labute approximate surface area is 71.6 Å². The van der Waals surface area contributed by atoms with E-state index in [1.165, 1.54) is 0 Å². The van der Waals surface area contributed by atoms with Crippen molar-refractivity contribution in [3.8, 4) is 0 Å². The molecule has 3 heteroatoms. The first-order valence-electron chi connectivity index (χ1n) is 3.44. The van der Waals surface area contributed by atoms with E-state index in [0.29, 0.717) is 16.4 Å². The first kappa shape index (κ1) is 8.51. The molecule has 0 amide bonds. The molecule has 0 bridgehead atoms. The topological polar surface area (TPSA) is 0 Å². The highest BCUT2D eigenvalue weighted by atomic mass is 14.0. The first-order valence-corrected chi connectivity index (χ1v) is 3.44. The van der Waals surface area contributed by atoms with Gasteiger partial charge in [0.15, 0.2) is 0 Å². The first-order chi connectivity index (χ1) is 5.04. The molecule has 0 aliphatic heterocycles. The van der Waals surface area contributed by atoms with Crippen molar-refractivity contribution in [3.05, 3.63) is 17.2 Å². The Morgan fingerprint density at radius 3 is 2.09 bits per heavy atom. The average molecular weight is 136 g/mol. The van der Waals surface area contributed by atoms with Gasteiger partial charge in [-0.05, 0) is 13.8 Å². The van der Waals surface area contributed by atoms with Crippen LogP contribution in [0.1, 0.15) is 11.1 Å². The molecule has 0 aromatic heterocycles. The Morgan fingerprint density at radius 1 is 1.00 bits per heavy atom.